The maximum atomic E-state index is 5.30. The van der Waals surface area contributed by atoms with E-state index in [4.69, 9.17) is 4.74 Å². The molecule has 0 bridgehead atoms. The summed E-state index contributed by atoms with van der Waals surface area (Å²) in [4.78, 5) is 0. The molecule has 2 rings (SSSR count). The van der Waals surface area contributed by atoms with Crippen molar-refractivity contribution in [2.24, 2.45) is 7.05 Å². The van der Waals surface area contributed by atoms with Crippen molar-refractivity contribution in [1.29, 1.82) is 0 Å². The van der Waals surface area contributed by atoms with Gasteiger partial charge in [0, 0.05) is 18.8 Å². The predicted molar refractivity (Wildman–Crippen MR) is 64.6 cm³/mol. The Morgan fingerprint density at radius 2 is 2.06 bits per heavy atom. The van der Waals surface area contributed by atoms with Crippen LogP contribution in [0.25, 0.3) is 11.1 Å². The van der Waals surface area contributed by atoms with E-state index in [0.717, 1.165) is 23.3 Å². The van der Waals surface area contributed by atoms with Crippen molar-refractivity contribution in [1.82, 2.24) is 9.78 Å². The van der Waals surface area contributed by atoms with Gasteiger partial charge in [-0.05, 0) is 29.7 Å². The Morgan fingerprint density at radius 3 is 2.62 bits per heavy atom. The highest BCUT2D eigenvalue weighted by Gasteiger charge is 2.04. The van der Waals surface area contributed by atoms with Gasteiger partial charge < -0.3 is 4.74 Å². The van der Waals surface area contributed by atoms with E-state index in [1.165, 1.54) is 5.56 Å². The molecule has 16 heavy (non-hydrogen) atoms. The monoisotopic (exact) mass is 216 g/mol. The first kappa shape index (κ1) is 10.7. The lowest BCUT2D eigenvalue weighted by atomic mass is 10.0. The molecule has 0 saturated carbocycles. The molecule has 3 heteroatoms. The molecule has 0 unspecified atom stereocenters. The maximum absolute atomic E-state index is 5.30. The fourth-order valence-electron chi connectivity index (χ4n) is 1.72. The molecule has 0 aliphatic heterocycles. The molecule has 1 aromatic heterocycles. The van der Waals surface area contributed by atoms with Crippen molar-refractivity contribution in [3.05, 3.63) is 36.2 Å². The van der Waals surface area contributed by atoms with Crippen LogP contribution >= 0.6 is 0 Å². The Bertz CT molecular complexity index is 466. The van der Waals surface area contributed by atoms with Gasteiger partial charge in [0.15, 0.2) is 0 Å². The Morgan fingerprint density at radius 1 is 1.25 bits per heavy atom. The van der Waals surface area contributed by atoms with Gasteiger partial charge in [0.2, 0.25) is 0 Å². The summed E-state index contributed by atoms with van der Waals surface area (Å²) in [5.74, 6) is 0.901. The minimum atomic E-state index is 0.901. The summed E-state index contributed by atoms with van der Waals surface area (Å²) in [5.41, 5.74) is 3.55. The number of hydrogen-bond acceptors (Lipinski definition) is 2. The lowest BCUT2D eigenvalue weighted by Gasteiger charge is -2.06. The van der Waals surface area contributed by atoms with Gasteiger partial charge in [-0.3, -0.25) is 4.68 Å². The number of aromatic nitrogens is 2. The lowest BCUT2D eigenvalue weighted by Crippen LogP contribution is -1.88. The van der Waals surface area contributed by atoms with Crippen LogP contribution in [0.2, 0.25) is 0 Å². The zero-order chi connectivity index (χ0) is 11.5. The summed E-state index contributed by atoms with van der Waals surface area (Å²) in [6.07, 6.45) is 4.88. The average molecular weight is 216 g/mol. The van der Waals surface area contributed by atoms with Gasteiger partial charge in [0.05, 0.1) is 13.3 Å². The fourth-order valence-corrected chi connectivity index (χ4v) is 1.72. The van der Waals surface area contributed by atoms with Crippen LogP contribution in [0.1, 0.15) is 12.5 Å². The summed E-state index contributed by atoms with van der Waals surface area (Å²) in [6, 6.07) is 6.29. The molecule has 2 aromatic rings. The molecule has 0 aliphatic carbocycles. The lowest BCUT2D eigenvalue weighted by molar-refractivity contribution is 0.414. The molecule has 84 valence electrons. The van der Waals surface area contributed by atoms with Crippen LogP contribution in [0.4, 0.5) is 0 Å². The van der Waals surface area contributed by atoms with Gasteiger partial charge in [-0.1, -0.05) is 13.0 Å². The molecule has 0 atom stereocenters. The van der Waals surface area contributed by atoms with Gasteiger partial charge in [0.1, 0.15) is 5.75 Å². The number of ether oxygens (including phenoxy) is 1. The minimum absolute atomic E-state index is 0.901. The van der Waals surface area contributed by atoms with Crippen molar-refractivity contribution in [2.45, 2.75) is 13.3 Å². The molecule has 0 fully saturated rings. The van der Waals surface area contributed by atoms with Crippen LogP contribution in [0.3, 0.4) is 0 Å². The zero-order valence-electron chi connectivity index (χ0n) is 9.90. The van der Waals surface area contributed by atoms with Crippen LogP contribution in [0.5, 0.6) is 5.75 Å². The van der Waals surface area contributed by atoms with Gasteiger partial charge in [-0.2, -0.15) is 5.10 Å². The van der Waals surface area contributed by atoms with E-state index >= 15 is 0 Å². The normalized spacial score (nSPS) is 10.4. The molecule has 0 radical (unpaired) electrons. The molecular weight excluding hydrogens is 200 g/mol. The Balaban J connectivity index is 2.47. The third-order valence-corrected chi connectivity index (χ3v) is 2.65. The van der Waals surface area contributed by atoms with Crippen LogP contribution in [0, 0.1) is 0 Å². The molecule has 0 N–H and O–H groups in total. The minimum Gasteiger partial charge on any atom is -0.497 e. The summed E-state index contributed by atoms with van der Waals surface area (Å²) >= 11 is 0. The average Bonchev–Trinajstić information content (AvgIpc) is 2.75. The van der Waals surface area contributed by atoms with Gasteiger partial charge in [0.25, 0.3) is 0 Å². The standard InChI is InChI=1S/C13H16N2O/c1-4-10-5-11(7-13(6-10)16-3)12-8-14-15(2)9-12/h5-9H,4H2,1-3H3. The molecule has 3 nitrogen and oxygen atoms in total. The van der Waals surface area contributed by atoms with Crippen LogP contribution in [0.15, 0.2) is 30.6 Å². The first-order chi connectivity index (χ1) is 7.72. The number of methoxy groups -OCH3 is 1. The number of benzene rings is 1. The number of nitrogens with zero attached hydrogens (tertiary/aromatic N) is 2. The molecule has 1 heterocycles. The van der Waals surface area contributed by atoms with E-state index in [1.54, 1.807) is 11.8 Å². The van der Waals surface area contributed by atoms with Gasteiger partial charge in [-0.15, -0.1) is 0 Å². The molecule has 1 aromatic carbocycles. The van der Waals surface area contributed by atoms with E-state index < -0.39 is 0 Å². The molecule has 0 saturated heterocycles. The van der Waals surface area contributed by atoms with Gasteiger partial charge in [-0.25, -0.2) is 0 Å². The number of hydrogen-bond donors (Lipinski definition) is 0. The second kappa shape index (κ2) is 4.39. The zero-order valence-corrected chi connectivity index (χ0v) is 9.90. The van der Waals surface area contributed by atoms with Crippen molar-refractivity contribution < 1.29 is 4.74 Å². The summed E-state index contributed by atoms with van der Waals surface area (Å²) in [7, 11) is 3.62. The van der Waals surface area contributed by atoms with Crippen LogP contribution < -0.4 is 4.74 Å². The summed E-state index contributed by atoms with van der Waals surface area (Å²) < 4.78 is 7.10. The largest absolute Gasteiger partial charge is 0.497 e. The second-order valence-corrected chi connectivity index (χ2v) is 3.83. The Hall–Kier alpha value is -1.77. The molecule has 0 aliphatic rings. The van der Waals surface area contributed by atoms with E-state index in [1.807, 2.05) is 25.5 Å². The maximum Gasteiger partial charge on any atom is 0.119 e. The van der Waals surface area contributed by atoms with E-state index in [2.05, 4.69) is 24.2 Å². The quantitative estimate of drug-likeness (QED) is 0.788. The fraction of sp³-hybridized carbons (Fsp3) is 0.308. The topological polar surface area (TPSA) is 27.1 Å². The second-order valence-electron chi connectivity index (χ2n) is 3.83. The van der Waals surface area contributed by atoms with E-state index in [-0.39, 0.29) is 0 Å². The third kappa shape index (κ3) is 2.08. The highest BCUT2D eigenvalue weighted by Crippen LogP contribution is 2.25. The van der Waals surface area contributed by atoms with E-state index in [0.29, 0.717) is 0 Å². The summed E-state index contributed by atoms with van der Waals surface area (Å²) in [6.45, 7) is 2.14. The van der Waals surface area contributed by atoms with Crippen molar-refractivity contribution in [3.8, 4) is 16.9 Å². The molecule has 0 amide bonds. The third-order valence-electron chi connectivity index (χ3n) is 2.65. The van der Waals surface area contributed by atoms with Crippen LogP contribution in [-0.2, 0) is 13.5 Å². The molecular formula is C13H16N2O. The van der Waals surface area contributed by atoms with Crippen molar-refractivity contribution in [2.75, 3.05) is 7.11 Å². The predicted octanol–water partition coefficient (Wildman–Crippen LogP) is 2.66. The number of rotatable bonds is 3. The smallest absolute Gasteiger partial charge is 0.119 e. The first-order valence-corrected chi connectivity index (χ1v) is 5.40. The first-order valence-electron chi connectivity index (χ1n) is 5.40. The SMILES string of the molecule is CCc1cc(OC)cc(-c2cnn(C)c2)c1. The molecule has 0 spiro atoms. The van der Waals surface area contributed by atoms with E-state index in [9.17, 15) is 0 Å². The van der Waals surface area contributed by atoms with Gasteiger partial charge >= 0.3 is 0 Å². The Labute approximate surface area is 95.7 Å². The highest BCUT2D eigenvalue weighted by molar-refractivity contribution is 5.64. The summed E-state index contributed by atoms with van der Waals surface area (Å²) in [5, 5.41) is 4.18. The highest BCUT2D eigenvalue weighted by atomic mass is 16.5. The number of aryl methyl sites for hydroxylation is 2. The van der Waals surface area contributed by atoms with Crippen molar-refractivity contribution in [3.63, 3.8) is 0 Å². The van der Waals surface area contributed by atoms with Crippen molar-refractivity contribution >= 4 is 0 Å². The van der Waals surface area contributed by atoms with Crippen LogP contribution in [-0.4, -0.2) is 16.9 Å². The Kier molecular flexibility index (Phi) is 2.95.